The van der Waals surface area contributed by atoms with Crippen LogP contribution in [0.5, 0.6) is 0 Å². The quantitative estimate of drug-likeness (QED) is 0.874. The van der Waals surface area contributed by atoms with Crippen molar-refractivity contribution in [3.05, 3.63) is 30.1 Å². The third kappa shape index (κ3) is 2.77. The molecule has 0 amide bonds. The second kappa shape index (κ2) is 6.16. The Morgan fingerprint density at radius 1 is 1.09 bits per heavy atom. The summed E-state index contributed by atoms with van der Waals surface area (Å²) in [5, 5.41) is 0. The smallest absolute Gasteiger partial charge is 0.110 e. The Bertz CT molecular complexity index is 638. The second-order valence-corrected chi connectivity index (χ2v) is 6.44. The average Bonchev–Trinajstić information content (AvgIpc) is 2.87. The maximum Gasteiger partial charge on any atom is 0.110 e. The van der Waals surface area contributed by atoms with Gasteiger partial charge in [-0.05, 0) is 46.7 Å². The first-order valence-corrected chi connectivity index (χ1v) is 8.11. The molecule has 5 nitrogen and oxygen atoms in total. The minimum atomic E-state index is 0.494. The molecule has 2 aromatic heterocycles. The lowest BCUT2D eigenvalue weighted by atomic mass is 9.91. The van der Waals surface area contributed by atoms with Crippen molar-refractivity contribution in [1.29, 1.82) is 0 Å². The Balaban J connectivity index is 1.88. The molecular weight excluding hydrogens is 274 g/mol. The molecule has 5 heteroatoms. The highest BCUT2D eigenvalue weighted by molar-refractivity contribution is 5.58. The average molecular weight is 299 g/mol. The van der Waals surface area contributed by atoms with Crippen LogP contribution in [0.3, 0.4) is 0 Å². The minimum absolute atomic E-state index is 0.494. The van der Waals surface area contributed by atoms with Crippen LogP contribution in [0.2, 0.25) is 0 Å². The summed E-state index contributed by atoms with van der Waals surface area (Å²) >= 11 is 0. The third-order valence-electron chi connectivity index (χ3n) is 4.84. The summed E-state index contributed by atoms with van der Waals surface area (Å²) in [5.74, 6) is 1.50. The summed E-state index contributed by atoms with van der Waals surface area (Å²) in [6.45, 7) is 8.84. The monoisotopic (exact) mass is 299 g/mol. The number of aromatic nitrogens is 4. The molecule has 3 heterocycles. The van der Waals surface area contributed by atoms with Crippen LogP contribution in [0.4, 0.5) is 0 Å². The molecule has 0 radical (unpaired) electrons. The van der Waals surface area contributed by atoms with Crippen LogP contribution < -0.4 is 0 Å². The van der Waals surface area contributed by atoms with Gasteiger partial charge in [-0.25, -0.2) is 4.98 Å². The van der Waals surface area contributed by atoms with E-state index < -0.39 is 0 Å². The molecule has 1 fully saturated rings. The zero-order valence-electron chi connectivity index (χ0n) is 14.0. The van der Waals surface area contributed by atoms with Crippen LogP contribution in [0.25, 0.3) is 11.4 Å². The van der Waals surface area contributed by atoms with Gasteiger partial charge in [-0.1, -0.05) is 0 Å². The number of nitrogens with zero attached hydrogens (tertiary/aromatic N) is 5. The maximum absolute atomic E-state index is 4.68. The lowest BCUT2D eigenvalue weighted by molar-refractivity contribution is 0.171. The largest absolute Gasteiger partial charge is 0.330 e. The highest BCUT2D eigenvalue weighted by Gasteiger charge is 2.26. The minimum Gasteiger partial charge on any atom is -0.330 e. The van der Waals surface area contributed by atoms with E-state index in [1.807, 2.05) is 26.4 Å². The van der Waals surface area contributed by atoms with Gasteiger partial charge in [0.2, 0.25) is 0 Å². The highest BCUT2D eigenvalue weighted by atomic mass is 15.1. The summed E-state index contributed by atoms with van der Waals surface area (Å²) in [4.78, 5) is 16.2. The van der Waals surface area contributed by atoms with Crippen molar-refractivity contribution < 1.29 is 0 Å². The van der Waals surface area contributed by atoms with Crippen molar-refractivity contribution in [1.82, 2.24) is 24.4 Å². The van der Waals surface area contributed by atoms with Gasteiger partial charge in [0, 0.05) is 31.4 Å². The second-order valence-electron chi connectivity index (χ2n) is 6.44. The predicted molar refractivity (Wildman–Crippen MR) is 87.7 cm³/mol. The predicted octanol–water partition coefficient (Wildman–Crippen LogP) is 2.77. The standard InChI is InChI=1S/C17H25N5/c1-12(2)22-9-5-14(6-10-22)16-17(19-8-7-18-16)15-11-20-13(3)21(15)4/h7-8,11-12,14H,5-6,9-10H2,1-4H3. The molecule has 3 rings (SSSR count). The zero-order valence-corrected chi connectivity index (χ0v) is 14.0. The van der Waals surface area contributed by atoms with Gasteiger partial charge in [-0.15, -0.1) is 0 Å². The number of piperidine rings is 1. The van der Waals surface area contributed by atoms with Crippen molar-refractivity contribution in [3.63, 3.8) is 0 Å². The fourth-order valence-electron chi connectivity index (χ4n) is 3.26. The first-order valence-electron chi connectivity index (χ1n) is 8.11. The Morgan fingerprint density at radius 2 is 1.77 bits per heavy atom. The van der Waals surface area contributed by atoms with Crippen LogP contribution >= 0.6 is 0 Å². The van der Waals surface area contributed by atoms with E-state index >= 15 is 0 Å². The SMILES string of the molecule is Cc1ncc(-c2nccnc2C2CCN(C(C)C)CC2)n1C. The van der Waals surface area contributed by atoms with E-state index in [1.165, 1.54) is 0 Å². The summed E-state index contributed by atoms with van der Waals surface area (Å²) in [5.41, 5.74) is 3.19. The van der Waals surface area contributed by atoms with E-state index in [4.69, 9.17) is 0 Å². The molecule has 2 aromatic rings. The molecule has 118 valence electrons. The van der Waals surface area contributed by atoms with Crippen molar-refractivity contribution >= 4 is 0 Å². The lowest BCUT2D eigenvalue weighted by Crippen LogP contribution is -2.38. The molecule has 0 aliphatic carbocycles. The van der Waals surface area contributed by atoms with Gasteiger partial charge >= 0.3 is 0 Å². The third-order valence-corrected chi connectivity index (χ3v) is 4.84. The first-order chi connectivity index (χ1) is 10.6. The summed E-state index contributed by atoms with van der Waals surface area (Å²) in [7, 11) is 2.04. The van der Waals surface area contributed by atoms with Crippen molar-refractivity contribution in [2.45, 2.75) is 45.6 Å². The maximum atomic E-state index is 4.68. The lowest BCUT2D eigenvalue weighted by Gasteiger charge is -2.34. The number of likely N-dealkylation sites (tertiary alicyclic amines) is 1. The summed E-state index contributed by atoms with van der Waals surface area (Å²) in [6.07, 6.45) is 7.81. The van der Waals surface area contributed by atoms with Gasteiger partial charge in [0.1, 0.15) is 11.5 Å². The molecule has 1 aliphatic heterocycles. The first kappa shape index (κ1) is 15.2. The van der Waals surface area contributed by atoms with Crippen LogP contribution in [0.15, 0.2) is 18.6 Å². The summed E-state index contributed by atoms with van der Waals surface area (Å²) < 4.78 is 2.09. The molecule has 22 heavy (non-hydrogen) atoms. The molecule has 1 aliphatic rings. The highest BCUT2D eigenvalue weighted by Crippen LogP contribution is 2.33. The van der Waals surface area contributed by atoms with Crippen molar-refractivity contribution in [2.75, 3.05) is 13.1 Å². The number of imidazole rings is 1. The molecule has 1 saturated heterocycles. The fraction of sp³-hybridized carbons (Fsp3) is 0.588. The summed E-state index contributed by atoms with van der Waals surface area (Å²) in [6, 6.07) is 0.627. The molecule has 0 N–H and O–H groups in total. The van der Waals surface area contributed by atoms with Gasteiger partial charge in [-0.3, -0.25) is 9.97 Å². The van der Waals surface area contributed by atoms with Crippen LogP contribution in [-0.2, 0) is 7.05 Å². The molecule has 0 unspecified atom stereocenters. The van der Waals surface area contributed by atoms with Crippen molar-refractivity contribution in [3.8, 4) is 11.4 Å². The van der Waals surface area contributed by atoms with Crippen LogP contribution in [0.1, 0.15) is 44.1 Å². The molecule has 0 bridgehead atoms. The van der Waals surface area contributed by atoms with E-state index in [9.17, 15) is 0 Å². The van der Waals surface area contributed by atoms with Gasteiger partial charge in [-0.2, -0.15) is 0 Å². The normalized spacial score (nSPS) is 17.3. The number of hydrogen-bond acceptors (Lipinski definition) is 4. The van der Waals surface area contributed by atoms with E-state index in [1.54, 1.807) is 6.20 Å². The number of aryl methyl sites for hydroxylation is 1. The topological polar surface area (TPSA) is 46.8 Å². The van der Waals surface area contributed by atoms with E-state index in [0.29, 0.717) is 12.0 Å². The molecule has 0 aromatic carbocycles. The van der Waals surface area contributed by atoms with Gasteiger partial charge in [0.25, 0.3) is 0 Å². The van der Waals surface area contributed by atoms with Crippen LogP contribution in [-0.4, -0.2) is 43.6 Å². The molecular formula is C17H25N5. The van der Waals surface area contributed by atoms with Gasteiger partial charge in [0.15, 0.2) is 0 Å². The number of hydrogen-bond donors (Lipinski definition) is 0. The fourth-order valence-corrected chi connectivity index (χ4v) is 3.26. The van der Waals surface area contributed by atoms with Gasteiger partial charge < -0.3 is 9.47 Å². The Hall–Kier alpha value is -1.75. The number of rotatable bonds is 3. The molecule has 0 spiro atoms. The molecule has 0 atom stereocenters. The van der Waals surface area contributed by atoms with Crippen molar-refractivity contribution in [2.24, 2.45) is 7.05 Å². The van der Waals surface area contributed by atoms with Crippen LogP contribution in [0, 0.1) is 6.92 Å². The van der Waals surface area contributed by atoms with Gasteiger partial charge in [0.05, 0.1) is 17.6 Å². The Labute approximate surface area is 132 Å². The Morgan fingerprint density at radius 3 is 2.36 bits per heavy atom. The Kier molecular flexibility index (Phi) is 4.25. The van der Waals surface area contributed by atoms with E-state index in [0.717, 1.165) is 48.8 Å². The van der Waals surface area contributed by atoms with E-state index in [-0.39, 0.29) is 0 Å². The molecule has 0 saturated carbocycles. The zero-order chi connectivity index (χ0) is 15.7. The van der Waals surface area contributed by atoms with E-state index in [2.05, 4.69) is 38.3 Å².